The Labute approximate surface area is 68.5 Å². The van der Waals surface area contributed by atoms with E-state index in [1.165, 1.54) is 0 Å². The Balaban J connectivity index is 0. The molecule has 0 aromatic rings. The average molecular weight is 201 g/mol. The smallest absolute Gasteiger partial charge is 0.205 e. The molecule has 0 aromatic carbocycles. The number of hydroxylamine groups is 1. The molecule has 0 aliphatic carbocycles. The van der Waals surface area contributed by atoms with Crippen molar-refractivity contribution in [3.8, 4) is 0 Å². The van der Waals surface area contributed by atoms with Crippen LogP contribution in [0.25, 0.3) is 0 Å². The molecule has 0 aliphatic rings. The first-order valence-electron chi connectivity index (χ1n) is 1.50. The molecule has 0 saturated carbocycles. The summed E-state index contributed by atoms with van der Waals surface area (Å²) in [5, 5.41) is 7.90. The number of halogens is 4. The van der Waals surface area contributed by atoms with Crippen molar-refractivity contribution in [3.63, 3.8) is 0 Å². The molecular formula is C2H5Cl4NO. The summed E-state index contributed by atoms with van der Waals surface area (Å²) < 4.78 is -1.39. The van der Waals surface area contributed by atoms with Gasteiger partial charge in [0.15, 0.2) is 0 Å². The van der Waals surface area contributed by atoms with E-state index >= 15 is 0 Å². The minimum absolute atomic E-state index is 0. The summed E-state index contributed by atoms with van der Waals surface area (Å²) in [5.74, 6) is 0. The van der Waals surface area contributed by atoms with E-state index in [9.17, 15) is 0 Å². The number of rotatable bonds is 1. The number of hydrogen-bond acceptors (Lipinski definition) is 2. The molecule has 0 unspecified atom stereocenters. The lowest BCUT2D eigenvalue weighted by Crippen LogP contribution is -2.22. The predicted octanol–water partition coefficient (Wildman–Crippen LogP) is 1.76. The molecule has 0 heterocycles. The summed E-state index contributed by atoms with van der Waals surface area (Å²) >= 11 is 15.4. The van der Waals surface area contributed by atoms with Gasteiger partial charge in [-0.25, -0.2) is 5.48 Å². The van der Waals surface area contributed by atoms with Gasteiger partial charge in [-0.05, 0) is 0 Å². The summed E-state index contributed by atoms with van der Waals surface area (Å²) in [6.07, 6.45) is 0. The number of alkyl halides is 3. The third-order valence-electron chi connectivity index (χ3n) is 0.280. The van der Waals surface area contributed by atoms with Crippen LogP contribution in [-0.2, 0) is 0 Å². The molecule has 0 radical (unpaired) electrons. The molecule has 2 nitrogen and oxygen atoms in total. The van der Waals surface area contributed by atoms with Gasteiger partial charge in [0.05, 0.1) is 6.54 Å². The van der Waals surface area contributed by atoms with Crippen LogP contribution in [0, 0.1) is 0 Å². The van der Waals surface area contributed by atoms with E-state index in [0.29, 0.717) is 0 Å². The lowest BCUT2D eigenvalue weighted by Gasteiger charge is -2.06. The summed E-state index contributed by atoms with van der Waals surface area (Å²) in [6.45, 7) is -0.0579. The average Bonchev–Trinajstić information content (AvgIpc) is 1.30. The lowest BCUT2D eigenvalue weighted by molar-refractivity contribution is 0.169. The SMILES string of the molecule is Cl.ONCC(Cl)(Cl)Cl. The molecule has 0 bridgehead atoms. The van der Waals surface area contributed by atoms with Gasteiger partial charge < -0.3 is 5.21 Å². The fourth-order valence-corrected chi connectivity index (χ4v) is 0.269. The molecule has 2 N–H and O–H groups in total. The van der Waals surface area contributed by atoms with E-state index < -0.39 is 3.79 Å². The van der Waals surface area contributed by atoms with E-state index in [4.69, 9.17) is 40.0 Å². The molecule has 6 heteroatoms. The Bertz CT molecular complexity index is 52.5. The van der Waals surface area contributed by atoms with Crippen molar-refractivity contribution in [1.29, 1.82) is 0 Å². The van der Waals surface area contributed by atoms with Crippen molar-refractivity contribution in [1.82, 2.24) is 5.48 Å². The largest absolute Gasteiger partial charge is 0.317 e. The second-order valence-electron chi connectivity index (χ2n) is 0.950. The van der Waals surface area contributed by atoms with Crippen molar-refractivity contribution < 1.29 is 5.21 Å². The summed E-state index contributed by atoms with van der Waals surface area (Å²) in [5.41, 5.74) is 1.71. The quantitative estimate of drug-likeness (QED) is 0.500. The maximum absolute atomic E-state index is 7.90. The van der Waals surface area contributed by atoms with E-state index in [0.717, 1.165) is 0 Å². The van der Waals surface area contributed by atoms with Crippen molar-refractivity contribution in [2.45, 2.75) is 3.79 Å². The molecule has 0 fully saturated rings. The van der Waals surface area contributed by atoms with Crippen LogP contribution in [0.2, 0.25) is 0 Å². The molecule has 0 saturated heterocycles. The molecular weight excluding hydrogens is 196 g/mol. The van der Waals surface area contributed by atoms with Crippen LogP contribution in [-0.4, -0.2) is 15.5 Å². The highest BCUT2D eigenvalue weighted by Gasteiger charge is 2.17. The molecule has 0 rings (SSSR count). The van der Waals surface area contributed by atoms with Crippen LogP contribution < -0.4 is 5.48 Å². The first-order valence-corrected chi connectivity index (χ1v) is 2.63. The zero-order valence-corrected chi connectivity index (χ0v) is 6.78. The highest BCUT2D eigenvalue weighted by atomic mass is 35.6. The minimum atomic E-state index is -1.39. The first-order chi connectivity index (χ1) is 3.06. The number of hydrogen-bond donors (Lipinski definition) is 2. The molecule has 0 aliphatic heterocycles. The standard InChI is InChI=1S/C2H4Cl3NO.ClH/c3-2(4,5)1-6-7;/h6-7H,1H2;1H. The highest BCUT2D eigenvalue weighted by Crippen LogP contribution is 2.23. The van der Waals surface area contributed by atoms with Gasteiger partial charge in [-0.15, -0.1) is 12.4 Å². The highest BCUT2D eigenvalue weighted by molar-refractivity contribution is 6.67. The van der Waals surface area contributed by atoms with Crippen LogP contribution >= 0.6 is 47.2 Å². The van der Waals surface area contributed by atoms with Gasteiger partial charge in [0, 0.05) is 0 Å². The van der Waals surface area contributed by atoms with E-state index in [-0.39, 0.29) is 19.0 Å². The zero-order valence-electron chi connectivity index (χ0n) is 3.70. The maximum Gasteiger partial charge on any atom is 0.205 e. The molecule has 8 heavy (non-hydrogen) atoms. The molecule has 0 aromatic heterocycles. The van der Waals surface area contributed by atoms with Crippen LogP contribution in [0.4, 0.5) is 0 Å². The molecule has 0 amide bonds. The van der Waals surface area contributed by atoms with Crippen molar-refractivity contribution >= 4 is 47.2 Å². The van der Waals surface area contributed by atoms with Gasteiger partial charge in [-0.3, -0.25) is 0 Å². The summed E-state index contributed by atoms with van der Waals surface area (Å²) in [4.78, 5) is 0. The fourth-order valence-electron chi connectivity index (χ4n) is 0.0896. The lowest BCUT2D eigenvalue weighted by atomic mass is 10.8. The summed E-state index contributed by atoms with van der Waals surface area (Å²) in [6, 6.07) is 0. The van der Waals surface area contributed by atoms with Crippen molar-refractivity contribution in [2.24, 2.45) is 0 Å². The van der Waals surface area contributed by atoms with Gasteiger partial charge >= 0.3 is 0 Å². The topological polar surface area (TPSA) is 32.3 Å². The Morgan fingerprint density at radius 2 is 1.75 bits per heavy atom. The zero-order chi connectivity index (χ0) is 5.91. The second kappa shape index (κ2) is 4.91. The predicted molar refractivity (Wildman–Crippen MR) is 37.3 cm³/mol. The Morgan fingerprint density at radius 1 is 1.38 bits per heavy atom. The van der Waals surface area contributed by atoms with E-state index in [2.05, 4.69) is 0 Å². The Morgan fingerprint density at radius 3 is 1.75 bits per heavy atom. The Kier molecular flexibility index (Phi) is 7.26. The van der Waals surface area contributed by atoms with Gasteiger partial charge in [-0.2, -0.15) is 0 Å². The van der Waals surface area contributed by atoms with Crippen LogP contribution in [0.15, 0.2) is 0 Å². The first kappa shape index (κ1) is 11.8. The third-order valence-corrected chi connectivity index (χ3v) is 0.680. The van der Waals surface area contributed by atoms with Gasteiger partial charge in [-0.1, -0.05) is 34.8 Å². The van der Waals surface area contributed by atoms with Crippen molar-refractivity contribution in [3.05, 3.63) is 0 Å². The maximum atomic E-state index is 7.90. The third kappa shape index (κ3) is 10.1. The fraction of sp³-hybridized carbons (Fsp3) is 1.00. The summed E-state index contributed by atoms with van der Waals surface area (Å²) in [7, 11) is 0. The minimum Gasteiger partial charge on any atom is -0.317 e. The normalized spacial score (nSPS) is 10.5. The van der Waals surface area contributed by atoms with E-state index in [1.54, 1.807) is 5.48 Å². The monoisotopic (exact) mass is 199 g/mol. The van der Waals surface area contributed by atoms with Gasteiger partial charge in [0.25, 0.3) is 0 Å². The molecule has 0 atom stereocenters. The second-order valence-corrected chi connectivity index (χ2v) is 3.47. The van der Waals surface area contributed by atoms with Crippen LogP contribution in [0.5, 0.6) is 0 Å². The van der Waals surface area contributed by atoms with Gasteiger partial charge in [0.2, 0.25) is 3.79 Å². The van der Waals surface area contributed by atoms with Crippen LogP contribution in [0.3, 0.4) is 0 Å². The van der Waals surface area contributed by atoms with Crippen LogP contribution in [0.1, 0.15) is 0 Å². The molecule has 0 spiro atoms. The Hall–Kier alpha value is 1.08. The van der Waals surface area contributed by atoms with Crippen molar-refractivity contribution in [2.75, 3.05) is 6.54 Å². The molecule has 52 valence electrons. The van der Waals surface area contributed by atoms with E-state index in [1.807, 2.05) is 0 Å². The van der Waals surface area contributed by atoms with Gasteiger partial charge in [0.1, 0.15) is 0 Å². The number of nitrogens with one attached hydrogen (secondary N) is 1.